The molecule has 2 rings (SSSR count). The predicted molar refractivity (Wildman–Crippen MR) is 73.3 cm³/mol. The summed E-state index contributed by atoms with van der Waals surface area (Å²) in [5.41, 5.74) is -4.81. The fourth-order valence-electron chi connectivity index (χ4n) is 2.24. The fourth-order valence-corrected chi connectivity index (χ4v) is 2.24. The SMILES string of the molecule is Cc1ccc(-c2ccc([N+](=O)[O-])cc2C(F)(F)F)c(C(F)(F)F)c1. The van der Waals surface area contributed by atoms with Crippen molar-refractivity contribution in [1.29, 1.82) is 0 Å². The summed E-state index contributed by atoms with van der Waals surface area (Å²) < 4.78 is 79.0. The van der Waals surface area contributed by atoms with Gasteiger partial charge in [0.05, 0.1) is 16.1 Å². The summed E-state index contributed by atoms with van der Waals surface area (Å²) in [7, 11) is 0. The zero-order chi connectivity index (χ0) is 18.3. The summed E-state index contributed by atoms with van der Waals surface area (Å²) in [6.45, 7) is 1.37. The summed E-state index contributed by atoms with van der Waals surface area (Å²) in [6, 6.07) is 4.55. The van der Waals surface area contributed by atoms with Gasteiger partial charge in [0.15, 0.2) is 0 Å². The number of benzene rings is 2. The van der Waals surface area contributed by atoms with Gasteiger partial charge in [-0.1, -0.05) is 17.7 Å². The molecule has 0 radical (unpaired) electrons. The Balaban J connectivity index is 2.81. The molecule has 0 N–H and O–H groups in total. The van der Waals surface area contributed by atoms with Gasteiger partial charge in [-0.2, -0.15) is 26.3 Å². The Morgan fingerprint density at radius 1 is 0.833 bits per heavy atom. The van der Waals surface area contributed by atoms with E-state index >= 15 is 0 Å². The first-order chi connectivity index (χ1) is 10.9. The van der Waals surface area contributed by atoms with Gasteiger partial charge >= 0.3 is 12.4 Å². The fraction of sp³-hybridized carbons (Fsp3) is 0.200. The van der Waals surface area contributed by atoms with Crippen LogP contribution in [0.4, 0.5) is 32.0 Å². The summed E-state index contributed by atoms with van der Waals surface area (Å²) in [5, 5.41) is 10.7. The smallest absolute Gasteiger partial charge is 0.258 e. The second kappa shape index (κ2) is 5.81. The second-order valence-corrected chi connectivity index (χ2v) is 5.03. The van der Waals surface area contributed by atoms with E-state index in [-0.39, 0.29) is 11.6 Å². The molecule has 3 nitrogen and oxygen atoms in total. The van der Waals surface area contributed by atoms with Crippen molar-refractivity contribution in [3.8, 4) is 11.1 Å². The molecule has 0 aromatic heterocycles. The first kappa shape index (κ1) is 17.8. The van der Waals surface area contributed by atoms with Crippen LogP contribution >= 0.6 is 0 Å². The Morgan fingerprint density at radius 3 is 1.75 bits per heavy atom. The minimum atomic E-state index is -5.05. The Morgan fingerprint density at radius 2 is 1.29 bits per heavy atom. The van der Waals surface area contributed by atoms with Gasteiger partial charge in [0, 0.05) is 12.1 Å². The Kier molecular flexibility index (Phi) is 4.30. The van der Waals surface area contributed by atoms with E-state index in [4.69, 9.17) is 0 Å². The van der Waals surface area contributed by atoms with Crippen molar-refractivity contribution >= 4 is 5.69 Å². The largest absolute Gasteiger partial charge is 0.417 e. The number of hydrogen-bond acceptors (Lipinski definition) is 2. The van der Waals surface area contributed by atoms with E-state index in [9.17, 15) is 36.5 Å². The molecule has 0 fully saturated rings. The van der Waals surface area contributed by atoms with E-state index in [2.05, 4.69) is 0 Å². The molecule has 2 aromatic carbocycles. The maximum Gasteiger partial charge on any atom is 0.417 e. The van der Waals surface area contributed by atoms with Gasteiger partial charge in [-0.15, -0.1) is 0 Å². The molecule has 0 heterocycles. The average Bonchev–Trinajstić information content (AvgIpc) is 2.44. The lowest BCUT2D eigenvalue weighted by atomic mass is 9.93. The number of rotatable bonds is 2. The van der Waals surface area contributed by atoms with E-state index < -0.39 is 45.2 Å². The van der Waals surface area contributed by atoms with Gasteiger partial charge in [0.2, 0.25) is 0 Å². The molecular formula is C15H9F6NO2. The minimum Gasteiger partial charge on any atom is -0.258 e. The number of nitro benzene ring substituents is 1. The third kappa shape index (κ3) is 3.50. The number of non-ortho nitro benzene ring substituents is 1. The van der Waals surface area contributed by atoms with Crippen LogP contribution in [0.15, 0.2) is 36.4 Å². The van der Waals surface area contributed by atoms with Crippen molar-refractivity contribution < 1.29 is 31.3 Å². The Hall–Kier alpha value is -2.58. The molecule has 0 spiro atoms. The van der Waals surface area contributed by atoms with E-state index in [0.29, 0.717) is 6.07 Å². The van der Waals surface area contributed by atoms with Crippen LogP contribution in [0.3, 0.4) is 0 Å². The summed E-state index contributed by atoms with van der Waals surface area (Å²) in [4.78, 5) is 9.61. The molecular weight excluding hydrogens is 340 g/mol. The van der Waals surface area contributed by atoms with Crippen LogP contribution in [0.2, 0.25) is 0 Å². The molecule has 9 heteroatoms. The molecule has 0 saturated heterocycles. The molecule has 0 aliphatic carbocycles. The third-order valence-corrected chi connectivity index (χ3v) is 3.29. The number of halogens is 6. The molecule has 0 atom stereocenters. The van der Waals surface area contributed by atoms with Crippen LogP contribution in [-0.2, 0) is 12.4 Å². The van der Waals surface area contributed by atoms with Crippen molar-refractivity contribution in [2.24, 2.45) is 0 Å². The molecule has 0 amide bonds. The maximum atomic E-state index is 13.2. The highest BCUT2D eigenvalue weighted by molar-refractivity contribution is 5.73. The lowest BCUT2D eigenvalue weighted by Gasteiger charge is -2.18. The van der Waals surface area contributed by atoms with E-state index in [0.717, 1.165) is 18.2 Å². The van der Waals surface area contributed by atoms with Crippen LogP contribution in [0.1, 0.15) is 16.7 Å². The van der Waals surface area contributed by atoms with Crippen molar-refractivity contribution in [3.05, 3.63) is 63.2 Å². The van der Waals surface area contributed by atoms with Gasteiger partial charge < -0.3 is 0 Å². The average molecular weight is 349 g/mol. The maximum absolute atomic E-state index is 13.2. The molecule has 128 valence electrons. The summed E-state index contributed by atoms with van der Waals surface area (Å²) >= 11 is 0. The molecule has 24 heavy (non-hydrogen) atoms. The second-order valence-electron chi connectivity index (χ2n) is 5.03. The highest BCUT2D eigenvalue weighted by atomic mass is 19.4. The number of hydrogen-bond donors (Lipinski definition) is 0. The first-order valence-electron chi connectivity index (χ1n) is 6.45. The van der Waals surface area contributed by atoms with Crippen LogP contribution in [0.25, 0.3) is 11.1 Å². The minimum absolute atomic E-state index is 0.224. The lowest BCUT2D eigenvalue weighted by Crippen LogP contribution is -2.12. The van der Waals surface area contributed by atoms with Crippen molar-refractivity contribution in [2.45, 2.75) is 19.3 Å². The van der Waals surface area contributed by atoms with Gasteiger partial charge in [-0.05, 0) is 30.2 Å². The van der Waals surface area contributed by atoms with E-state index in [1.165, 1.54) is 13.0 Å². The predicted octanol–water partition coefficient (Wildman–Crippen LogP) is 5.61. The topological polar surface area (TPSA) is 43.1 Å². The Labute approximate surface area is 131 Å². The number of aryl methyl sites for hydroxylation is 1. The highest BCUT2D eigenvalue weighted by Gasteiger charge is 2.39. The van der Waals surface area contributed by atoms with E-state index in [1.54, 1.807) is 0 Å². The van der Waals surface area contributed by atoms with Crippen molar-refractivity contribution in [2.75, 3.05) is 0 Å². The third-order valence-electron chi connectivity index (χ3n) is 3.29. The van der Waals surface area contributed by atoms with Crippen LogP contribution < -0.4 is 0 Å². The van der Waals surface area contributed by atoms with Gasteiger partial charge in [-0.3, -0.25) is 10.1 Å². The monoisotopic (exact) mass is 349 g/mol. The number of nitrogens with zero attached hydrogens (tertiary/aromatic N) is 1. The zero-order valence-corrected chi connectivity index (χ0v) is 12.0. The molecule has 0 saturated carbocycles. The summed E-state index contributed by atoms with van der Waals surface area (Å²) in [6.07, 6.45) is -9.92. The molecule has 0 aliphatic heterocycles. The van der Waals surface area contributed by atoms with Crippen LogP contribution in [0.5, 0.6) is 0 Å². The van der Waals surface area contributed by atoms with Crippen molar-refractivity contribution in [3.63, 3.8) is 0 Å². The molecule has 0 unspecified atom stereocenters. The standard InChI is InChI=1S/C15H9F6NO2/c1-8-2-4-10(12(6-8)14(16,17)18)11-5-3-9(22(23)24)7-13(11)15(19,20)21/h2-7H,1H3. The number of alkyl halides is 6. The van der Waals surface area contributed by atoms with Crippen LogP contribution in [-0.4, -0.2) is 4.92 Å². The lowest BCUT2D eigenvalue weighted by molar-refractivity contribution is -0.385. The first-order valence-corrected chi connectivity index (χ1v) is 6.45. The molecule has 0 aliphatic rings. The molecule has 2 aromatic rings. The van der Waals surface area contributed by atoms with Crippen LogP contribution in [0, 0.1) is 17.0 Å². The van der Waals surface area contributed by atoms with Crippen molar-refractivity contribution in [1.82, 2.24) is 0 Å². The van der Waals surface area contributed by atoms with E-state index in [1.807, 2.05) is 0 Å². The Bertz CT molecular complexity index is 796. The van der Waals surface area contributed by atoms with Gasteiger partial charge in [-0.25, -0.2) is 0 Å². The zero-order valence-electron chi connectivity index (χ0n) is 12.0. The molecule has 0 bridgehead atoms. The normalized spacial score (nSPS) is 12.3. The number of nitro groups is 1. The van der Waals surface area contributed by atoms with Gasteiger partial charge in [0.25, 0.3) is 5.69 Å². The quantitative estimate of drug-likeness (QED) is 0.402. The van der Waals surface area contributed by atoms with Gasteiger partial charge in [0.1, 0.15) is 0 Å². The summed E-state index contributed by atoms with van der Waals surface area (Å²) in [5.74, 6) is 0. The highest BCUT2D eigenvalue weighted by Crippen LogP contribution is 2.43.